The van der Waals surface area contributed by atoms with E-state index in [1.165, 1.54) is 0 Å². The predicted molar refractivity (Wildman–Crippen MR) is 118 cm³/mol. The lowest BCUT2D eigenvalue weighted by atomic mass is 10.2. The zero-order valence-corrected chi connectivity index (χ0v) is 17.6. The molecule has 9 heteroatoms. The molecular weight excluding hydrogens is 394 g/mol. The van der Waals surface area contributed by atoms with Crippen LogP contribution in [0.2, 0.25) is 0 Å². The van der Waals surface area contributed by atoms with Crippen LogP contribution in [0.4, 0.5) is 11.8 Å². The van der Waals surface area contributed by atoms with E-state index in [2.05, 4.69) is 14.8 Å². The Balaban J connectivity index is 1.56. The van der Waals surface area contributed by atoms with E-state index in [-0.39, 0.29) is 5.91 Å². The number of carbonyl (C=O) groups excluding carboxylic acids is 1. The molecule has 5 rings (SSSR count). The monoisotopic (exact) mass is 419 g/mol. The summed E-state index contributed by atoms with van der Waals surface area (Å²) in [5, 5.41) is 0.827. The molecule has 0 bridgehead atoms. The first-order valence-corrected chi connectivity index (χ1v) is 10.6. The number of nitrogens with zero attached hydrogens (tertiary/aromatic N) is 7. The molecule has 2 aromatic heterocycles. The number of anilines is 2. The van der Waals surface area contributed by atoms with E-state index in [0.29, 0.717) is 56.8 Å². The third-order valence-electron chi connectivity index (χ3n) is 5.77. The Morgan fingerprint density at radius 3 is 2.35 bits per heavy atom. The van der Waals surface area contributed by atoms with Gasteiger partial charge in [-0.25, -0.2) is 15.0 Å². The first-order valence-electron chi connectivity index (χ1n) is 10.6. The zero-order chi connectivity index (χ0) is 21.2. The van der Waals surface area contributed by atoms with Crippen molar-refractivity contribution in [3.05, 3.63) is 36.5 Å². The number of benzene rings is 1. The number of ether oxygens (including phenoxy) is 1. The van der Waals surface area contributed by atoms with Crippen LogP contribution in [0.3, 0.4) is 0 Å². The lowest BCUT2D eigenvalue weighted by Crippen LogP contribution is -2.48. The molecule has 2 aliphatic heterocycles. The number of hydrogen-bond acceptors (Lipinski definition) is 8. The topological polar surface area (TPSA) is 87.6 Å². The van der Waals surface area contributed by atoms with Crippen molar-refractivity contribution in [1.82, 2.24) is 24.8 Å². The number of fused-ring (bicyclic) bond motifs is 1. The molecular formula is C22H25N7O2. The summed E-state index contributed by atoms with van der Waals surface area (Å²) in [6.07, 6.45) is 1.83. The molecule has 0 N–H and O–H groups in total. The fraction of sp³-hybridized carbons (Fsp3) is 0.409. The number of piperazine rings is 1. The molecule has 1 aromatic carbocycles. The lowest BCUT2D eigenvalue weighted by molar-refractivity contribution is -0.129. The maximum absolute atomic E-state index is 11.7. The third-order valence-corrected chi connectivity index (χ3v) is 5.77. The summed E-state index contributed by atoms with van der Waals surface area (Å²) in [7, 11) is 0. The first kappa shape index (κ1) is 19.6. The Labute approximate surface area is 180 Å². The van der Waals surface area contributed by atoms with Gasteiger partial charge in [-0.1, -0.05) is 30.3 Å². The van der Waals surface area contributed by atoms with Gasteiger partial charge in [-0.3, -0.25) is 4.79 Å². The van der Waals surface area contributed by atoms with Crippen molar-refractivity contribution in [3.63, 3.8) is 0 Å². The summed E-state index contributed by atoms with van der Waals surface area (Å²) < 4.78 is 5.45. The second kappa shape index (κ2) is 8.43. The number of amides is 1. The van der Waals surface area contributed by atoms with Crippen molar-refractivity contribution < 1.29 is 9.53 Å². The summed E-state index contributed by atoms with van der Waals surface area (Å²) in [6, 6.07) is 9.94. The van der Waals surface area contributed by atoms with Gasteiger partial charge in [0.05, 0.1) is 18.6 Å². The first-order chi connectivity index (χ1) is 15.2. The Hall–Kier alpha value is -3.33. The van der Waals surface area contributed by atoms with E-state index >= 15 is 0 Å². The van der Waals surface area contributed by atoms with Gasteiger partial charge in [-0.15, -0.1) is 0 Å². The third kappa shape index (κ3) is 4.00. The van der Waals surface area contributed by atoms with Gasteiger partial charge in [0.1, 0.15) is 5.82 Å². The quantitative estimate of drug-likeness (QED) is 0.633. The number of hydrogen-bond donors (Lipinski definition) is 0. The maximum atomic E-state index is 11.7. The normalized spacial score (nSPS) is 17.3. The number of rotatable bonds is 3. The minimum Gasteiger partial charge on any atom is -0.378 e. The summed E-state index contributed by atoms with van der Waals surface area (Å²) in [5.41, 5.74) is 1.58. The van der Waals surface area contributed by atoms with E-state index in [0.717, 1.165) is 29.9 Å². The average molecular weight is 419 g/mol. The van der Waals surface area contributed by atoms with Crippen LogP contribution in [0, 0.1) is 0 Å². The van der Waals surface area contributed by atoms with Crippen LogP contribution in [0.25, 0.3) is 22.4 Å². The van der Waals surface area contributed by atoms with Gasteiger partial charge >= 0.3 is 0 Å². The van der Waals surface area contributed by atoms with Crippen LogP contribution >= 0.6 is 0 Å². The van der Waals surface area contributed by atoms with Crippen LogP contribution in [0.1, 0.15) is 6.92 Å². The van der Waals surface area contributed by atoms with Crippen LogP contribution in [0.15, 0.2) is 36.5 Å². The highest BCUT2D eigenvalue weighted by Gasteiger charge is 2.24. The summed E-state index contributed by atoms with van der Waals surface area (Å²) in [5.74, 6) is 2.24. The molecule has 31 heavy (non-hydrogen) atoms. The zero-order valence-electron chi connectivity index (χ0n) is 17.6. The van der Waals surface area contributed by atoms with Gasteiger partial charge in [0.25, 0.3) is 0 Å². The van der Waals surface area contributed by atoms with Gasteiger partial charge in [0, 0.05) is 58.0 Å². The van der Waals surface area contributed by atoms with E-state index in [1.807, 2.05) is 41.4 Å². The van der Waals surface area contributed by atoms with Gasteiger partial charge in [0.15, 0.2) is 11.5 Å². The second-order valence-corrected chi connectivity index (χ2v) is 7.74. The molecule has 1 amide bonds. The van der Waals surface area contributed by atoms with Gasteiger partial charge in [0.2, 0.25) is 11.9 Å². The Morgan fingerprint density at radius 1 is 0.903 bits per heavy atom. The number of morpholine rings is 1. The van der Waals surface area contributed by atoms with Crippen LogP contribution in [0.5, 0.6) is 0 Å². The van der Waals surface area contributed by atoms with E-state index in [4.69, 9.17) is 19.7 Å². The van der Waals surface area contributed by atoms with Crippen molar-refractivity contribution in [1.29, 1.82) is 0 Å². The Morgan fingerprint density at radius 2 is 1.65 bits per heavy atom. The highest BCUT2D eigenvalue weighted by atomic mass is 16.5. The van der Waals surface area contributed by atoms with Crippen LogP contribution in [-0.4, -0.2) is 83.2 Å². The molecule has 2 aliphatic rings. The molecule has 0 unspecified atom stereocenters. The molecule has 0 radical (unpaired) electrons. The average Bonchev–Trinajstić information content (AvgIpc) is 2.84. The van der Waals surface area contributed by atoms with Crippen LogP contribution < -0.4 is 9.80 Å². The predicted octanol–water partition coefficient (Wildman–Crippen LogP) is 1.59. The molecule has 9 nitrogen and oxygen atoms in total. The fourth-order valence-electron chi connectivity index (χ4n) is 4.00. The molecule has 160 valence electrons. The Bertz CT molecular complexity index is 1080. The van der Waals surface area contributed by atoms with E-state index < -0.39 is 0 Å². The van der Waals surface area contributed by atoms with Crippen molar-refractivity contribution >= 4 is 28.7 Å². The van der Waals surface area contributed by atoms with E-state index in [1.54, 1.807) is 6.92 Å². The molecule has 4 heterocycles. The smallest absolute Gasteiger partial charge is 0.227 e. The van der Waals surface area contributed by atoms with Gasteiger partial charge < -0.3 is 19.4 Å². The van der Waals surface area contributed by atoms with Gasteiger partial charge in [-0.2, -0.15) is 4.98 Å². The molecule has 0 aliphatic carbocycles. The summed E-state index contributed by atoms with van der Waals surface area (Å²) in [6.45, 7) is 7.27. The number of carbonyl (C=O) groups is 1. The highest BCUT2D eigenvalue weighted by Crippen LogP contribution is 2.28. The SMILES string of the molecule is CC(=O)N1CCN(c2nc(-c3ccccc3)nc3nc(N4CCOCC4)ncc23)CC1. The van der Waals surface area contributed by atoms with Crippen molar-refractivity contribution in [2.75, 3.05) is 62.3 Å². The standard InChI is InChI=1S/C22H25N7O2/c1-16(30)27-7-9-28(10-8-27)21-18-15-23-22(29-11-13-31-14-12-29)26-20(18)24-19(25-21)17-5-3-2-4-6-17/h2-6,15H,7-14H2,1H3. The minimum atomic E-state index is 0.107. The van der Waals surface area contributed by atoms with Crippen molar-refractivity contribution in [2.45, 2.75) is 6.92 Å². The highest BCUT2D eigenvalue weighted by molar-refractivity contribution is 5.89. The largest absolute Gasteiger partial charge is 0.378 e. The van der Waals surface area contributed by atoms with Gasteiger partial charge in [-0.05, 0) is 0 Å². The summed E-state index contributed by atoms with van der Waals surface area (Å²) in [4.78, 5) is 37.0. The molecule has 3 aromatic rings. The van der Waals surface area contributed by atoms with Crippen LogP contribution in [-0.2, 0) is 9.53 Å². The fourth-order valence-corrected chi connectivity index (χ4v) is 4.00. The minimum absolute atomic E-state index is 0.107. The molecule has 2 saturated heterocycles. The lowest BCUT2D eigenvalue weighted by Gasteiger charge is -2.35. The molecule has 0 atom stereocenters. The second-order valence-electron chi connectivity index (χ2n) is 7.74. The molecule has 0 spiro atoms. The maximum Gasteiger partial charge on any atom is 0.227 e. The van der Waals surface area contributed by atoms with Crippen molar-refractivity contribution in [2.24, 2.45) is 0 Å². The summed E-state index contributed by atoms with van der Waals surface area (Å²) >= 11 is 0. The number of aromatic nitrogens is 4. The molecule has 0 saturated carbocycles. The van der Waals surface area contributed by atoms with Crippen molar-refractivity contribution in [3.8, 4) is 11.4 Å². The van der Waals surface area contributed by atoms with E-state index in [9.17, 15) is 4.79 Å². The molecule has 2 fully saturated rings. The Kier molecular flexibility index (Phi) is 5.33.